The lowest BCUT2D eigenvalue weighted by molar-refractivity contribution is -0.130. The maximum atomic E-state index is 10.7. The van der Waals surface area contributed by atoms with Crippen LogP contribution in [0.4, 0.5) is 0 Å². The Morgan fingerprint density at radius 3 is 2.10 bits per heavy atom. The average molecular weight is 144 g/mol. The lowest BCUT2D eigenvalue weighted by Gasteiger charge is -2.26. The quantitative estimate of drug-likeness (QED) is 0.649. The zero-order valence-corrected chi connectivity index (χ0v) is 7.14. The summed E-state index contributed by atoms with van der Waals surface area (Å²) in [5, 5.41) is 9.30. The van der Waals surface area contributed by atoms with Gasteiger partial charge >= 0.3 is 0 Å². The fourth-order valence-electron chi connectivity index (χ4n) is 0.744. The monoisotopic (exact) mass is 144 g/mol. The summed E-state index contributed by atoms with van der Waals surface area (Å²) in [6.45, 7) is 7.16. The molecule has 1 atom stereocenters. The lowest BCUT2D eigenvalue weighted by Crippen LogP contribution is -2.34. The van der Waals surface area contributed by atoms with Gasteiger partial charge in [0, 0.05) is 0 Å². The number of aliphatic hydroxyl groups is 1. The fraction of sp³-hybridized carbons (Fsp3) is 0.875. The third-order valence-electron chi connectivity index (χ3n) is 2.04. The minimum Gasteiger partial charge on any atom is -0.385 e. The second-order valence-electron chi connectivity index (χ2n) is 3.36. The van der Waals surface area contributed by atoms with Crippen molar-refractivity contribution in [3.63, 3.8) is 0 Å². The summed E-state index contributed by atoms with van der Waals surface area (Å²) >= 11 is 0. The van der Waals surface area contributed by atoms with E-state index < -0.39 is 6.10 Å². The molecule has 0 saturated carbocycles. The Morgan fingerprint density at radius 1 is 1.60 bits per heavy atom. The normalized spacial score (nSPS) is 14.9. The van der Waals surface area contributed by atoms with Crippen molar-refractivity contribution in [3.8, 4) is 0 Å². The summed E-state index contributed by atoms with van der Waals surface area (Å²) in [5.41, 5.74) is -0.272. The van der Waals surface area contributed by atoms with E-state index in [-0.39, 0.29) is 11.2 Å². The summed E-state index contributed by atoms with van der Waals surface area (Å²) in [6.07, 6.45) is 0.00537. The van der Waals surface area contributed by atoms with E-state index in [9.17, 15) is 9.90 Å². The zero-order chi connectivity index (χ0) is 8.36. The highest BCUT2D eigenvalue weighted by molar-refractivity contribution is 5.80. The second-order valence-corrected chi connectivity index (χ2v) is 3.36. The van der Waals surface area contributed by atoms with Gasteiger partial charge in [0.15, 0.2) is 5.78 Å². The molecular weight excluding hydrogens is 128 g/mol. The highest BCUT2D eigenvalue weighted by Gasteiger charge is 2.28. The number of Topliss-reactive ketones (excluding diaryl/α,β-unsaturated/α-hetero) is 1. The first kappa shape index (κ1) is 9.63. The van der Waals surface area contributed by atoms with Gasteiger partial charge in [-0.1, -0.05) is 20.8 Å². The average Bonchev–Trinajstić information content (AvgIpc) is 1.86. The molecule has 10 heavy (non-hydrogen) atoms. The number of hydrogen-bond acceptors (Lipinski definition) is 2. The van der Waals surface area contributed by atoms with Crippen LogP contribution in [0, 0.1) is 5.41 Å². The van der Waals surface area contributed by atoms with Crippen LogP contribution >= 0.6 is 0 Å². The molecular formula is C8H16O2. The second kappa shape index (κ2) is 3.15. The number of ketones is 1. The van der Waals surface area contributed by atoms with E-state index in [1.54, 1.807) is 0 Å². The molecule has 0 bridgehead atoms. The molecule has 1 N–H and O–H groups in total. The predicted octanol–water partition coefficient (Wildman–Crippen LogP) is 1.37. The molecule has 0 saturated heterocycles. The van der Waals surface area contributed by atoms with Gasteiger partial charge in [0.25, 0.3) is 0 Å². The van der Waals surface area contributed by atoms with Crippen molar-refractivity contribution in [1.29, 1.82) is 0 Å². The minimum absolute atomic E-state index is 0.146. The van der Waals surface area contributed by atoms with E-state index in [0.29, 0.717) is 0 Å². The summed E-state index contributed by atoms with van der Waals surface area (Å²) in [5.74, 6) is -0.146. The van der Waals surface area contributed by atoms with Crippen LogP contribution in [-0.2, 0) is 4.79 Å². The summed E-state index contributed by atoms with van der Waals surface area (Å²) in [7, 11) is 0. The summed E-state index contributed by atoms with van der Waals surface area (Å²) in [4.78, 5) is 10.7. The molecule has 2 nitrogen and oxygen atoms in total. The first-order valence-electron chi connectivity index (χ1n) is 3.60. The molecule has 0 aliphatic rings. The van der Waals surface area contributed by atoms with Crippen LogP contribution in [0.3, 0.4) is 0 Å². The first-order chi connectivity index (χ1) is 4.41. The van der Waals surface area contributed by atoms with Crippen molar-refractivity contribution in [3.05, 3.63) is 0 Å². The van der Waals surface area contributed by atoms with Crippen molar-refractivity contribution in [2.24, 2.45) is 5.41 Å². The van der Waals surface area contributed by atoms with Crippen LogP contribution in [-0.4, -0.2) is 17.0 Å². The largest absolute Gasteiger partial charge is 0.385 e. The van der Waals surface area contributed by atoms with Crippen molar-refractivity contribution in [2.45, 2.75) is 40.2 Å². The maximum absolute atomic E-state index is 10.7. The van der Waals surface area contributed by atoms with Crippen molar-refractivity contribution >= 4 is 5.78 Å². The zero-order valence-electron chi connectivity index (χ0n) is 7.14. The van der Waals surface area contributed by atoms with Gasteiger partial charge in [-0.05, 0) is 18.8 Å². The Kier molecular flexibility index (Phi) is 3.03. The van der Waals surface area contributed by atoms with Crippen LogP contribution in [0.2, 0.25) is 0 Å². The Balaban J connectivity index is 4.17. The molecule has 0 fully saturated rings. The van der Waals surface area contributed by atoms with E-state index >= 15 is 0 Å². The molecule has 0 aromatic carbocycles. The van der Waals surface area contributed by atoms with E-state index in [2.05, 4.69) is 0 Å². The number of hydrogen-bond donors (Lipinski definition) is 1. The van der Waals surface area contributed by atoms with Gasteiger partial charge in [-0.3, -0.25) is 4.79 Å². The van der Waals surface area contributed by atoms with Gasteiger partial charge in [0.05, 0.1) is 0 Å². The van der Waals surface area contributed by atoms with Crippen molar-refractivity contribution in [2.75, 3.05) is 0 Å². The SMILES string of the molecule is CCC(C)(C)C(O)C(C)=O. The molecule has 0 aliphatic carbocycles. The fourth-order valence-corrected chi connectivity index (χ4v) is 0.744. The molecule has 0 rings (SSSR count). The smallest absolute Gasteiger partial charge is 0.158 e. The number of rotatable bonds is 3. The van der Waals surface area contributed by atoms with Gasteiger partial charge in [0.2, 0.25) is 0 Å². The summed E-state index contributed by atoms with van der Waals surface area (Å²) < 4.78 is 0. The molecule has 0 aliphatic heterocycles. The molecule has 1 unspecified atom stereocenters. The van der Waals surface area contributed by atoms with Crippen LogP contribution < -0.4 is 0 Å². The molecule has 0 amide bonds. The van der Waals surface area contributed by atoms with Gasteiger partial charge in [-0.2, -0.15) is 0 Å². The van der Waals surface area contributed by atoms with E-state index in [4.69, 9.17) is 0 Å². The van der Waals surface area contributed by atoms with E-state index in [0.717, 1.165) is 6.42 Å². The maximum Gasteiger partial charge on any atom is 0.158 e. The number of aliphatic hydroxyl groups excluding tert-OH is 1. The molecule has 60 valence electrons. The Hall–Kier alpha value is -0.370. The van der Waals surface area contributed by atoms with E-state index in [1.165, 1.54) is 6.92 Å². The Morgan fingerprint density at radius 2 is 2.00 bits per heavy atom. The third-order valence-corrected chi connectivity index (χ3v) is 2.04. The van der Waals surface area contributed by atoms with Crippen LogP contribution in [0.1, 0.15) is 34.1 Å². The number of carbonyl (C=O) groups excluding carboxylic acids is 1. The Bertz CT molecular complexity index is 127. The number of carbonyl (C=O) groups is 1. The lowest BCUT2D eigenvalue weighted by atomic mass is 9.82. The van der Waals surface area contributed by atoms with Crippen LogP contribution in [0.15, 0.2) is 0 Å². The minimum atomic E-state index is -0.808. The third kappa shape index (κ3) is 2.10. The van der Waals surface area contributed by atoms with Gasteiger partial charge < -0.3 is 5.11 Å². The molecule has 0 spiro atoms. The molecule has 0 aromatic rings. The molecule has 0 aromatic heterocycles. The van der Waals surface area contributed by atoms with Gasteiger partial charge in [-0.15, -0.1) is 0 Å². The van der Waals surface area contributed by atoms with Gasteiger partial charge in [-0.25, -0.2) is 0 Å². The highest BCUT2D eigenvalue weighted by atomic mass is 16.3. The van der Waals surface area contributed by atoms with E-state index in [1.807, 2.05) is 20.8 Å². The van der Waals surface area contributed by atoms with Crippen LogP contribution in [0.25, 0.3) is 0 Å². The van der Waals surface area contributed by atoms with Gasteiger partial charge in [0.1, 0.15) is 6.10 Å². The standard InChI is InChI=1S/C8H16O2/c1-5-8(3,4)7(10)6(2)9/h7,10H,5H2,1-4H3. The first-order valence-corrected chi connectivity index (χ1v) is 3.60. The topological polar surface area (TPSA) is 37.3 Å². The highest BCUT2D eigenvalue weighted by Crippen LogP contribution is 2.24. The molecule has 0 heterocycles. The summed E-state index contributed by atoms with van der Waals surface area (Å²) in [6, 6.07) is 0. The molecule has 2 heteroatoms. The van der Waals surface area contributed by atoms with Crippen molar-refractivity contribution < 1.29 is 9.90 Å². The Labute approximate surface area is 62.2 Å². The van der Waals surface area contributed by atoms with Crippen LogP contribution in [0.5, 0.6) is 0 Å². The predicted molar refractivity (Wildman–Crippen MR) is 40.8 cm³/mol. The molecule has 0 radical (unpaired) electrons. The van der Waals surface area contributed by atoms with Crippen molar-refractivity contribution in [1.82, 2.24) is 0 Å².